The Bertz CT molecular complexity index is 902. The number of nitrogens with two attached hydrogens (primary N) is 1. The highest BCUT2D eigenvalue weighted by Gasteiger charge is 2.19. The van der Waals surface area contributed by atoms with Gasteiger partial charge in [-0.25, -0.2) is 0 Å². The first-order valence-electron chi connectivity index (χ1n) is 10.1. The lowest BCUT2D eigenvalue weighted by molar-refractivity contribution is -0.118. The molecule has 0 spiro atoms. The Hall–Kier alpha value is -3.02. The number of nitrogens with one attached hydrogen (secondary N) is 1. The van der Waals surface area contributed by atoms with Gasteiger partial charge < -0.3 is 20.7 Å². The van der Waals surface area contributed by atoms with Crippen LogP contribution in [0.1, 0.15) is 54.1 Å². The molecule has 0 bridgehead atoms. The molecule has 1 saturated heterocycles. The zero-order valence-electron chi connectivity index (χ0n) is 17.3. The molecule has 2 amide bonds. The van der Waals surface area contributed by atoms with Gasteiger partial charge in [0.1, 0.15) is 5.75 Å². The molecular formula is C23H29N3O3. The number of carbonyl (C=O) groups is 2. The molecule has 0 aromatic heterocycles. The van der Waals surface area contributed by atoms with E-state index in [1.165, 1.54) is 0 Å². The topological polar surface area (TPSA) is 84.7 Å². The lowest BCUT2D eigenvalue weighted by Gasteiger charge is -2.22. The van der Waals surface area contributed by atoms with Gasteiger partial charge in [0.15, 0.2) is 6.61 Å². The summed E-state index contributed by atoms with van der Waals surface area (Å²) in [6.07, 6.45) is 2.22. The Kier molecular flexibility index (Phi) is 6.42. The first kappa shape index (κ1) is 20.7. The molecule has 0 radical (unpaired) electrons. The summed E-state index contributed by atoms with van der Waals surface area (Å²) in [4.78, 5) is 26.4. The van der Waals surface area contributed by atoms with Crippen LogP contribution < -0.4 is 20.7 Å². The molecule has 6 nitrogen and oxygen atoms in total. The van der Waals surface area contributed by atoms with Gasteiger partial charge in [0.25, 0.3) is 5.91 Å². The second-order valence-corrected chi connectivity index (χ2v) is 7.82. The number of anilines is 2. The molecule has 0 aliphatic carbocycles. The van der Waals surface area contributed by atoms with Gasteiger partial charge in [0.05, 0.1) is 11.4 Å². The minimum Gasteiger partial charge on any atom is -0.483 e. The molecular weight excluding hydrogens is 366 g/mol. The fourth-order valence-corrected chi connectivity index (χ4v) is 3.60. The average Bonchev–Trinajstić information content (AvgIpc) is 3.20. The standard InChI is InChI=1S/C23H29N3O3/c1-15(2)18-8-6-16(3)12-21(18)29-14-22(27)25-19-13-17(23(24)28)7-9-20(19)26-10-4-5-11-26/h6-9,12-13,15H,4-5,10-11,14H2,1-3H3,(H2,24,28)(H,25,27). The Labute approximate surface area is 172 Å². The monoisotopic (exact) mass is 395 g/mol. The van der Waals surface area contributed by atoms with Gasteiger partial charge in [-0.05, 0) is 61.1 Å². The summed E-state index contributed by atoms with van der Waals surface area (Å²) >= 11 is 0. The average molecular weight is 396 g/mol. The highest BCUT2D eigenvalue weighted by molar-refractivity contribution is 5.99. The largest absolute Gasteiger partial charge is 0.483 e. The van der Waals surface area contributed by atoms with Gasteiger partial charge in [-0.3, -0.25) is 9.59 Å². The summed E-state index contributed by atoms with van der Waals surface area (Å²) < 4.78 is 5.84. The van der Waals surface area contributed by atoms with Gasteiger partial charge in [-0.2, -0.15) is 0 Å². The molecule has 0 unspecified atom stereocenters. The maximum atomic E-state index is 12.6. The van der Waals surface area contributed by atoms with Gasteiger partial charge >= 0.3 is 0 Å². The van der Waals surface area contributed by atoms with Crippen LogP contribution in [0.3, 0.4) is 0 Å². The number of benzene rings is 2. The third-order valence-electron chi connectivity index (χ3n) is 5.15. The molecule has 2 aromatic rings. The van der Waals surface area contributed by atoms with Crippen molar-refractivity contribution in [3.8, 4) is 5.75 Å². The molecule has 29 heavy (non-hydrogen) atoms. The molecule has 1 fully saturated rings. The molecule has 1 aliphatic rings. The maximum Gasteiger partial charge on any atom is 0.262 e. The summed E-state index contributed by atoms with van der Waals surface area (Å²) in [5.41, 5.74) is 9.42. The van der Waals surface area contributed by atoms with Crippen LogP contribution in [0, 0.1) is 6.92 Å². The van der Waals surface area contributed by atoms with Crippen molar-refractivity contribution in [3.63, 3.8) is 0 Å². The highest BCUT2D eigenvalue weighted by atomic mass is 16.5. The second-order valence-electron chi connectivity index (χ2n) is 7.82. The van der Waals surface area contributed by atoms with Crippen LogP contribution in [0.15, 0.2) is 36.4 Å². The molecule has 3 rings (SSSR count). The van der Waals surface area contributed by atoms with Crippen molar-refractivity contribution in [3.05, 3.63) is 53.1 Å². The van der Waals surface area contributed by atoms with E-state index in [2.05, 4.69) is 24.1 Å². The maximum absolute atomic E-state index is 12.6. The first-order chi connectivity index (χ1) is 13.8. The first-order valence-corrected chi connectivity index (χ1v) is 10.1. The van der Waals surface area contributed by atoms with Crippen molar-refractivity contribution in [1.29, 1.82) is 0 Å². The zero-order valence-corrected chi connectivity index (χ0v) is 17.3. The number of ether oxygens (including phenoxy) is 1. The minimum absolute atomic E-state index is 0.108. The van der Waals surface area contributed by atoms with Gasteiger partial charge in [0, 0.05) is 18.7 Å². The Balaban J connectivity index is 1.76. The fraction of sp³-hybridized carbons (Fsp3) is 0.391. The van der Waals surface area contributed by atoms with E-state index >= 15 is 0 Å². The number of rotatable bonds is 7. The number of hydrogen-bond acceptors (Lipinski definition) is 4. The molecule has 154 valence electrons. The van der Waals surface area contributed by atoms with Crippen LogP contribution in [-0.2, 0) is 4.79 Å². The van der Waals surface area contributed by atoms with Crippen LogP contribution in [0.2, 0.25) is 0 Å². The number of amides is 2. The van der Waals surface area contributed by atoms with Gasteiger partial charge in [-0.1, -0.05) is 26.0 Å². The molecule has 2 aromatic carbocycles. The number of hydrogen-bond donors (Lipinski definition) is 2. The van der Waals surface area contributed by atoms with E-state index < -0.39 is 5.91 Å². The van der Waals surface area contributed by atoms with Crippen molar-refractivity contribution in [2.75, 3.05) is 29.9 Å². The lowest BCUT2D eigenvalue weighted by atomic mass is 10.0. The minimum atomic E-state index is -0.522. The SMILES string of the molecule is Cc1ccc(C(C)C)c(OCC(=O)Nc2cc(C(N)=O)ccc2N2CCCC2)c1. The second kappa shape index (κ2) is 8.99. The molecule has 1 heterocycles. The number of nitrogens with zero attached hydrogens (tertiary/aromatic N) is 1. The molecule has 1 aliphatic heterocycles. The van der Waals surface area contributed by atoms with Crippen molar-refractivity contribution in [2.45, 2.75) is 39.5 Å². The normalized spacial score (nSPS) is 13.6. The summed E-state index contributed by atoms with van der Waals surface area (Å²) in [7, 11) is 0. The summed E-state index contributed by atoms with van der Waals surface area (Å²) in [6.45, 7) is 7.93. The van der Waals surface area contributed by atoms with Crippen molar-refractivity contribution >= 4 is 23.2 Å². The predicted molar refractivity (Wildman–Crippen MR) is 116 cm³/mol. The van der Waals surface area contributed by atoms with Crippen LogP contribution >= 0.6 is 0 Å². The number of aryl methyl sites for hydroxylation is 1. The van der Waals surface area contributed by atoms with E-state index in [1.54, 1.807) is 12.1 Å². The van der Waals surface area contributed by atoms with E-state index in [0.717, 1.165) is 48.5 Å². The van der Waals surface area contributed by atoms with E-state index in [4.69, 9.17) is 10.5 Å². The van der Waals surface area contributed by atoms with Crippen LogP contribution in [0.5, 0.6) is 5.75 Å². The molecule has 0 saturated carbocycles. The third kappa shape index (κ3) is 5.08. The van der Waals surface area contributed by atoms with E-state index in [9.17, 15) is 9.59 Å². The Morgan fingerprint density at radius 3 is 2.52 bits per heavy atom. The summed E-state index contributed by atoms with van der Waals surface area (Å²) in [5.74, 6) is 0.220. The smallest absolute Gasteiger partial charge is 0.262 e. The highest BCUT2D eigenvalue weighted by Crippen LogP contribution is 2.31. The van der Waals surface area contributed by atoms with Crippen molar-refractivity contribution in [2.24, 2.45) is 5.73 Å². The fourth-order valence-electron chi connectivity index (χ4n) is 3.60. The van der Waals surface area contributed by atoms with Crippen LogP contribution in [0.25, 0.3) is 0 Å². The number of carbonyl (C=O) groups excluding carboxylic acids is 2. The van der Waals surface area contributed by atoms with Crippen LogP contribution in [0.4, 0.5) is 11.4 Å². The van der Waals surface area contributed by atoms with Crippen molar-refractivity contribution in [1.82, 2.24) is 0 Å². The Morgan fingerprint density at radius 2 is 1.86 bits per heavy atom. The lowest BCUT2D eigenvalue weighted by Crippen LogP contribution is -2.25. The Morgan fingerprint density at radius 1 is 1.14 bits per heavy atom. The summed E-state index contributed by atoms with van der Waals surface area (Å²) in [6, 6.07) is 11.2. The molecule has 0 atom stereocenters. The quantitative estimate of drug-likeness (QED) is 0.746. The molecule has 3 N–H and O–H groups in total. The third-order valence-corrected chi connectivity index (χ3v) is 5.15. The van der Waals surface area contributed by atoms with E-state index in [1.807, 2.05) is 31.2 Å². The van der Waals surface area contributed by atoms with Crippen molar-refractivity contribution < 1.29 is 14.3 Å². The van der Waals surface area contributed by atoms with E-state index in [0.29, 0.717) is 17.2 Å². The molecule has 6 heteroatoms. The zero-order chi connectivity index (χ0) is 21.0. The van der Waals surface area contributed by atoms with Crippen LogP contribution in [-0.4, -0.2) is 31.5 Å². The summed E-state index contributed by atoms with van der Waals surface area (Å²) in [5, 5.41) is 2.90. The number of primary amides is 1. The van der Waals surface area contributed by atoms with E-state index in [-0.39, 0.29) is 12.5 Å². The van der Waals surface area contributed by atoms with Gasteiger partial charge in [0.2, 0.25) is 5.91 Å². The van der Waals surface area contributed by atoms with Gasteiger partial charge in [-0.15, -0.1) is 0 Å². The predicted octanol–water partition coefficient (Wildman–Crippen LogP) is 3.84.